The molecule has 0 saturated carbocycles. The van der Waals surface area contributed by atoms with Crippen molar-refractivity contribution in [2.45, 2.75) is 6.92 Å². The van der Waals surface area contributed by atoms with Crippen molar-refractivity contribution in [1.29, 1.82) is 0 Å². The molecule has 6 nitrogen and oxygen atoms in total. The smallest absolute Gasteiger partial charge is 0.257 e. The van der Waals surface area contributed by atoms with Crippen LogP contribution in [0, 0.1) is 12.7 Å². The fourth-order valence-corrected chi connectivity index (χ4v) is 3.14. The van der Waals surface area contributed by atoms with Crippen LogP contribution in [0.3, 0.4) is 0 Å². The van der Waals surface area contributed by atoms with Crippen LogP contribution < -0.4 is 10.6 Å². The number of aromatic nitrogens is 1. The second-order valence-corrected chi connectivity index (χ2v) is 6.31. The Morgan fingerprint density at radius 2 is 2.15 bits per heavy atom. The van der Waals surface area contributed by atoms with E-state index in [0.29, 0.717) is 12.3 Å². The number of nitrogens with zero attached hydrogens (tertiary/aromatic N) is 2. The number of hydrogen-bond donors (Lipinski definition) is 2. The summed E-state index contributed by atoms with van der Waals surface area (Å²) in [5.41, 5.74) is 0.417. The molecule has 1 amide bonds. The van der Waals surface area contributed by atoms with E-state index in [1.807, 2.05) is 0 Å². The highest BCUT2D eigenvalue weighted by Crippen LogP contribution is 2.33. The second kappa shape index (κ2) is 9.32. The van der Waals surface area contributed by atoms with Crippen LogP contribution in [0.5, 0.6) is 0 Å². The van der Waals surface area contributed by atoms with Gasteiger partial charge in [0, 0.05) is 39.3 Å². The summed E-state index contributed by atoms with van der Waals surface area (Å²) < 4.78 is 19.3. The van der Waals surface area contributed by atoms with Crippen LogP contribution in [0.2, 0.25) is 5.02 Å². The van der Waals surface area contributed by atoms with Gasteiger partial charge in [-0.3, -0.25) is 9.69 Å². The van der Waals surface area contributed by atoms with Gasteiger partial charge in [-0.15, -0.1) is 12.4 Å². The van der Waals surface area contributed by atoms with E-state index in [1.54, 1.807) is 13.0 Å². The van der Waals surface area contributed by atoms with Gasteiger partial charge >= 0.3 is 0 Å². The minimum absolute atomic E-state index is 0. The number of nitrogens with one attached hydrogen (secondary N) is 2. The number of halogens is 3. The Bertz CT molecular complexity index is 743. The molecule has 1 saturated heterocycles. The molecule has 0 bridgehead atoms. The van der Waals surface area contributed by atoms with E-state index < -0.39 is 5.82 Å². The molecule has 26 heavy (non-hydrogen) atoms. The minimum atomic E-state index is -0.546. The number of aryl methyl sites for hydroxylation is 1. The summed E-state index contributed by atoms with van der Waals surface area (Å²) in [6.45, 7) is 6.69. The lowest BCUT2D eigenvalue weighted by Crippen LogP contribution is -2.46. The first-order valence-corrected chi connectivity index (χ1v) is 8.57. The molecule has 1 aliphatic heterocycles. The van der Waals surface area contributed by atoms with Crippen LogP contribution in [0.25, 0.3) is 11.3 Å². The zero-order valence-electron chi connectivity index (χ0n) is 14.3. The van der Waals surface area contributed by atoms with E-state index in [9.17, 15) is 9.18 Å². The molecular weight excluding hydrogens is 382 g/mol. The number of benzene rings is 1. The topological polar surface area (TPSA) is 70.4 Å². The number of amides is 1. The second-order valence-electron chi connectivity index (χ2n) is 5.91. The van der Waals surface area contributed by atoms with Gasteiger partial charge in [0.15, 0.2) is 0 Å². The third-order valence-corrected chi connectivity index (χ3v) is 4.53. The number of rotatable bonds is 5. The van der Waals surface area contributed by atoms with Crippen LogP contribution in [0.1, 0.15) is 16.1 Å². The summed E-state index contributed by atoms with van der Waals surface area (Å²) in [5, 5.41) is 10.2. The van der Waals surface area contributed by atoms with E-state index in [0.717, 1.165) is 32.7 Å². The molecular formula is C17H21Cl2FN4O2. The zero-order valence-corrected chi connectivity index (χ0v) is 15.9. The van der Waals surface area contributed by atoms with E-state index in [1.165, 1.54) is 12.1 Å². The van der Waals surface area contributed by atoms with Gasteiger partial charge in [0.05, 0.1) is 10.6 Å². The average Bonchev–Trinajstić information content (AvgIpc) is 2.97. The summed E-state index contributed by atoms with van der Waals surface area (Å²) in [7, 11) is 0. The highest BCUT2D eigenvalue weighted by molar-refractivity contribution is 6.33. The van der Waals surface area contributed by atoms with Crippen LogP contribution in [0.15, 0.2) is 22.7 Å². The molecule has 3 rings (SSSR count). The molecule has 1 aromatic heterocycles. The summed E-state index contributed by atoms with van der Waals surface area (Å²) in [6.07, 6.45) is 0. The molecule has 142 valence electrons. The SMILES string of the molecule is Cc1onc(-c2c(F)cccc2Cl)c1C(=O)NCCN1CCNCC1.Cl. The van der Waals surface area contributed by atoms with E-state index in [4.69, 9.17) is 16.1 Å². The lowest BCUT2D eigenvalue weighted by atomic mass is 10.0. The van der Waals surface area contributed by atoms with Gasteiger partial charge in [-0.2, -0.15) is 0 Å². The lowest BCUT2D eigenvalue weighted by Gasteiger charge is -2.27. The maximum absolute atomic E-state index is 14.2. The van der Waals surface area contributed by atoms with Crippen molar-refractivity contribution in [3.8, 4) is 11.3 Å². The monoisotopic (exact) mass is 402 g/mol. The molecule has 0 atom stereocenters. The average molecular weight is 403 g/mol. The number of piperazine rings is 1. The largest absolute Gasteiger partial charge is 0.360 e. The van der Waals surface area contributed by atoms with Crippen molar-refractivity contribution in [3.63, 3.8) is 0 Å². The highest BCUT2D eigenvalue weighted by atomic mass is 35.5. The van der Waals surface area contributed by atoms with Gasteiger partial charge in [-0.25, -0.2) is 4.39 Å². The molecule has 2 aromatic rings. The third kappa shape index (κ3) is 4.54. The molecule has 0 radical (unpaired) electrons. The molecule has 2 heterocycles. The van der Waals surface area contributed by atoms with Crippen LogP contribution in [0.4, 0.5) is 4.39 Å². The van der Waals surface area contributed by atoms with Crippen molar-refractivity contribution >= 4 is 29.9 Å². The van der Waals surface area contributed by atoms with Crippen molar-refractivity contribution in [2.75, 3.05) is 39.3 Å². The van der Waals surface area contributed by atoms with Gasteiger partial charge in [0.25, 0.3) is 5.91 Å². The quantitative estimate of drug-likeness (QED) is 0.803. The number of hydrogen-bond acceptors (Lipinski definition) is 5. The molecule has 0 aliphatic carbocycles. The predicted molar refractivity (Wildman–Crippen MR) is 101 cm³/mol. The fraction of sp³-hybridized carbons (Fsp3) is 0.412. The standard InChI is InChI=1S/C17H20ClFN4O2.ClH/c1-11-14(17(24)21-7-10-23-8-5-20-6-9-23)16(22-25-11)15-12(18)3-2-4-13(15)19;/h2-4,20H,5-10H2,1H3,(H,21,24);1H. The highest BCUT2D eigenvalue weighted by Gasteiger charge is 2.25. The van der Waals surface area contributed by atoms with E-state index >= 15 is 0 Å². The summed E-state index contributed by atoms with van der Waals surface area (Å²) >= 11 is 6.09. The summed E-state index contributed by atoms with van der Waals surface area (Å²) in [6, 6.07) is 4.33. The zero-order chi connectivity index (χ0) is 17.8. The minimum Gasteiger partial charge on any atom is -0.360 e. The predicted octanol–water partition coefficient (Wildman–Crippen LogP) is 2.50. The summed E-state index contributed by atoms with van der Waals surface area (Å²) in [5.74, 6) is -0.562. The maximum atomic E-state index is 14.2. The Balaban J connectivity index is 0.00000243. The Labute approximate surface area is 162 Å². The molecule has 9 heteroatoms. The molecule has 0 unspecified atom stereocenters. The number of carbonyl (C=O) groups is 1. The normalized spacial score (nSPS) is 14.7. The van der Waals surface area contributed by atoms with Crippen molar-refractivity contribution in [1.82, 2.24) is 20.7 Å². The number of carbonyl (C=O) groups excluding carboxylic acids is 1. The van der Waals surface area contributed by atoms with Gasteiger partial charge < -0.3 is 15.2 Å². The van der Waals surface area contributed by atoms with Gasteiger partial charge in [-0.05, 0) is 19.1 Å². The van der Waals surface area contributed by atoms with Crippen molar-refractivity contribution < 1.29 is 13.7 Å². The van der Waals surface area contributed by atoms with Crippen LogP contribution >= 0.6 is 24.0 Å². The van der Waals surface area contributed by atoms with E-state index in [-0.39, 0.29) is 40.2 Å². The molecule has 2 N–H and O–H groups in total. The first kappa shape index (κ1) is 20.6. The Morgan fingerprint density at radius 1 is 1.42 bits per heavy atom. The van der Waals surface area contributed by atoms with Crippen LogP contribution in [-0.2, 0) is 0 Å². The molecule has 1 aliphatic rings. The fourth-order valence-electron chi connectivity index (χ4n) is 2.88. The van der Waals surface area contributed by atoms with Crippen molar-refractivity contribution in [3.05, 3.63) is 40.4 Å². The maximum Gasteiger partial charge on any atom is 0.257 e. The molecule has 1 aromatic carbocycles. The first-order valence-electron chi connectivity index (χ1n) is 8.20. The Hall–Kier alpha value is -1.67. The van der Waals surface area contributed by atoms with Crippen LogP contribution in [-0.4, -0.2) is 55.2 Å². The lowest BCUT2D eigenvalue weighted by molar-refractivity contribution is 0.0946. The first-order chi connectivity index (χ1) is 12.1. The van der Waals surface area contributed by atoms with Crippen molar-refractivity contribution in [2.24, 2.45) is 0 Å². The summed E-state index contributed by atoms with van der Waals surface area (Å²) in [4.78, 5) is 14.8. The van der Waals surface area contributed by atoms with Gasteiger partial charge in [0.1, 0.15) is 22.8 Å². The third-order valence-electron chi connectivity index (χ3n) is 4.21. The van der Waals surface area contributed by atoms with Gasteiger partial charge in [-0.1, -0.05) is 22.8 Å². The molecule has 1 fully saturated rings. The Kier molecular flexibility index (Phi) is 7.40. The van der Waals surface area contributed by atoms with E-state index in [2.05, 4.69) is 20.7 Å². The molecule has 0 spiro atoms. The Morgan fingerprint density at radius 3 is 2.85 bits per heavy atom. The van der Waals surface area contributed by atoms with Gasteiger partial charge in [0.2, 0.25) is 0 Å².